The number of H-pyrrole nitrogens is 1. The molecule has 190 valence electrons. The number of anilines is 3. The number of ether oxygens (including phenoxy) is 1. The molecule has 3 saturated heterocycles. The Hall–Kier alpha value is -2.72. The van der Waals surface area contributed by atoms with Gasteiger partial charge in [0.1, 0.15) is 17.5 Å². The van der Waals surface area contributed by atoms with E-state index in [1.165, 1.54) is 0 Å². The predicted octanol–water partition coefficient (Wildman–Crippen LogP) is 2.21. The lowest BCUT2D eigenvalue weighted by Crippen LogP contribution is -2.45. The fourth-order valence-electron chi connectivity index (χ4n) is 5.27. The van der Waals surface area contributed by atoms with E-state index in [2.05, 4.69) is 37.3 Å². The lowest BCUT2D eigenvalue weighted by Gasteiger charge is -2.35. The van der Waals surface area contributed by atoms with Gasteiger partial charge in [0.25, 0.3) is 0 Å². The number of aromatic nitrogens is 4. The number of hydrogen-bond acceptors (Lipinski definition) is 8. The number of carbonyl (C=O) groups is 1. The molecule has 2 aromatic rings. The number of rotatable bonds is 6. The van der Waals surface area contributed by atoms with Gasteiger partial charge in [-0.1, -0.05) is 0 Å². The minimum Gasteiger partial charge on any atom is -0.381 e. The maximum absolute atomic E-state index is 12.9. The van der Waals surface area contributed by atoms with Gasteiger partial charge in [0.15, 0.2) is 5.82 Å². The van der Waals surface area contributed by atoms with Crippen LogP contribution in [0.1, 0.15) is 37.2 Å². The molecule has 5 heterocycles. The van der Waals surface area contributed by atoms with Gasteiger partial charge in [-0.15, -0.1) is 0 Å². The first-order valence-corrected chi connectivity index (χ1v) is 13.0. The first-order valence-electron chi connectivity index (χ1n) is 13.0. The number of aryl methyl sites for hydroxylation is 1. The summed E-state index contributed by atoms with van der Waals surface area (Å²) in [5.41, 5.74) is 1.00. The highest BCUT2D eigenvalue weighted by Crippen LogP contribution is 2.27. The van der Waals surface area contributed by atoms with Crippen LogP contribution in [0, 0.1) is 18.8 Å². The zero-order valence-electron chi connectivity index (χ0n) is 21.0. The number of aromatic amines is 1. The first kappa shape index (κ1) is 24.0. The number of likely N-dealkylation sites (N-methyl/N-ethyl adjacent to an activating group) is 1. The molecular weight excluding hydrogens is 444 g/mol. The molecule has 0 aliphatic carbocycles. The molecule has 3 aliphatic rings. The summed E-state index contributed by atoms with van der Waals surface area (Å²) in [5, 5.41) is 10.6. The molecule has 10 nitrogen and oxygen atoms in total. The van der Waals surface area contributed by atoms with Crippen LogP contribution in [0.4, 0.5) is 17.5 Å². The van der Waals surface area contributed by atoms with E-state index < -0.39 is 0 Å². The summed E-state index contributed by atoms with van der Waals surface area (Å²) in [6.07, 6.45) is 4.54. The number of nitrogens with one attached hydrogen (secondary N) is 2. The Morgan fingerprint density at radius 2 is 1.77 bits per heavy atom. The van der Waals surface area contributed by atoms with Crippen molar-refractivity contribution in [3.8, 4) is 0 Å². The van der Waals surface area contributed by atoms with Crippen LogP contribution in [0.15, 0.2) is 12.1 Å². The number of nitrogens with zero attached hydrogens (tertiary/aromatic N) is 6. The van der Waals surface area contributed by atoms with Crippen molar-refractivity contribution in [2.24, 2.45) is 11.8 Å². The second-order valence-corrected chi connectivity index (χ2v) is 10.2. The maximum Gasteiger partial charge on any atom is 0.225 e. The molecule has 0 bridgehead atoms. The number of amides is 1. The van der Waals surface area contributed by atoms with Crippen LogP contribution in [0.5, 0.6) is 0 Å². The average Bonchev–Trinajstić information content (AvgIpc) is 3.29. The van der Waals surface area contributed by atoms with Gasteiger partial charge in [0, 0.05) is 82.6 Å². The maximum atomic E-state index is 12.9. The normalized spacial score (nSPS) is 20.9. The lowest BCUT2D eigenvalue weighted by molar-refractivity contribution is -0.139. The van der Waals surface area contributed by atoms with Crippen molar-refractivity contribution >= 4 is 23.4 Å². The molecule has 2 N–H and O–H groups in total. The number of carbonyl (C=O) groups excluding carboxylic acids is 1. The Labute approximate surface area is 207 Å². The third-order valence-corrected chi connectivity index (χ3v) is 7.52. The monoisotopic (exact) mass is 482 g/mol. The Morgan fingerprint density at radius 3 is 2.46 bits per heavy atom. The molecule has 0 spiro atoms. The zero-order chi connectivity index (χ0) is 24.2. The summed E-state index contributed by atoms with van der Waals surface area (Å²) < 4.78 is 5.43. The van der Waals surface area contributed by atoms with Crippen LogP contribution in [0.3, 0.4) is 0 Å². The SMILES string of the molecule is Cc1cc(Nc2cc(N3CCN(C)CC3)nc(CC3CCN(C(=O)C4CCOCC4)CC3)n2)n[nH]1. The molecule has 0 atom stereocenters. The fraction of sp³-hybridized carbons (Fsp3) is 0.680. The molecule has 1 amide bonds. The van der Waals surface area contributed by atoms with Gasteiger partial charge in [-0.25, -0.2) is 9.97 Å². The van der Waals surface area contributed by atoms with Crippen LogP contribution in [-0.2, 0) is 16.0 Å². The number of hydrogen-bond donors (Lipinski definition) is 2. The van der Waals surface area contributed by atoms with Gasteiger partial charge in [-0.3, -0.25) is 9.89 Å². The molecule has 0 saturated carbocycles. The first-order chi connectivity index (χ1) is 17.0. The zero-order valence-corrected chi connectivity index (χ0v) is 21.0. The summed E-state index contributed by atoms with van der Waals surface area (Å²) in [6.45, 7) is 9.04. The van der Waals surface area contributed by atoms with Crippen molar-refractivity contribution in [2.75, 3.05) is 69.7 Å². The summed E-state index contributed by atoms with van der Waals surface area (Å²) in [7, 11) is 2.16. The molecule has 0 radical (unpaired) electrons. The van der Waals surface area contributed by atoms with Crippen molar-refractivity contribution in [3.63, 3.8) is 0 Å². The molecule has 3 fully saturated rings. The van der Waals surface area contributed by atoms with Gasteiger partial charge >= 0.3 is 0 Å². The highest BCUT2D eigenvalue weighted by molar-refractivity contribution is 5.79. The second kappa shape index (κ2) is 10.9. The van der Waals surface area contributed by atoms with E-state index in [9.17, 15) is 4.79 Å². The Morgan fingerprint density at radius 1 is 1.03 bits per heavy atom. The smallest absolute Gasteiger partial charge is 0.225 e. The number of piperazine rings is 1. The van der Waals surface area contributed by atoms with E-state index in [0.717, 1.165) is 100 Å². The van der Waals surface area contributed by atoms with Gasteiger partial charge in [0.05, 0.1) is 0 Å². The summed E-state index contributed by atoms with van der Waals surface area (Å²) in [6, 6.07) is 4.01. The van der Waals surface area contributed by atoms with E-state index in [4.69, 9.17) is 14.7 Å². The molecule has 35 heavy (non-hydrogen) atoms. The van der Waals surface area contributed by atoms with Crippen molar-refractivity contribution in [3.05, 3.63) is 23.7 Å². The van der Waals surface area contributed by atoms with Crippen LogP contribution in [-0.4, -0.2) is 95.4 Å². The number of piperidine rings is 1. The van der Waals surface area contributed by atoms with E-state index in [1.807, 2.05) is 19.1 Å². The van der Waals surface area contributed by atoms with Crippen LogP contribution < -0.4 is 10.2 Å². The summed E-state index contributed by atoms with van der Waals surface area (Å²) >= 11 is 0. The average molecular weight is 483 g/mol. The van der Waals surface area contributed by atoms with Crippen LogP contribution >= 0.6 is 0 Å². The molecule has 0 aromatic carbocycles. The van der Waals surface area contributed by atoms with Gasteiger partial charge in [-0.2, -0.15) is 5.10 Å². The van der Waals surface area contributed by atoms with Crippen LogP contribution in [0.25, 0.3) is 0 Å². The molecule has 3 aliphatic heterocycles. The third kappa shape index (κ3) is 6.10. The van der Waals surface area contributed by atoms with E-state index in [-0.39, 0.29) is 5.92 Å². The second-order valence-electron chi connectivity index (χ2n) is 10.2. The van der Waals surface area contributed by atoms with E-state index >= 15 is 0 Å². The standard InChI is InChI=1S/C25H38N8O2/c1-18-15-23(30-29-18)27-22-17-24(32-11-9-31(2)10-12-32)28-21(26-22)16-19-3-7-33(8-4-19)25(34)20-5-13-35-14-6-20/h15,17,19-20H,3-14,16H2,1-2H3,(H2,26,27,28,29,30). The molecule has 2 aromatic heterocycles. The van der Waals surface area contributed by atoms with Crippen LogP contribution in [0.2, 0.25) is 0 Å². The minimum absolute atomic E-state index is 0.142. The van der Waals surface area contributed by atoms with Gasteiger partial charge in [0.2, 0.25) is 5.91 Å². The molecule has 10 heteroatoms. The summed E-state index contributed by atoms with van der Waals surface area (Å²) in [4.78, 5) is 29.5. The molecule has 0 unspecified atom stereocenters. The molecule has 5 rings (SSSR count). The minimum atomic E-state index is 0.142. The fourth-order valence-corrected chi connectivity index (χ4v) is 5.27. The highest BCUT2D eigenvalue weighted by Gasteiger charge is 2.30. The van der Waals surface area contributed by atoms with Crippen molar-refractivity contribution in [1.29, 1.82) is 0 Å². The molecular formula is C25H38N8O2. The lowest BCUT2D eigenvalue weighted by atomic mass is 9.91. The van der Waals surface area contributed by atoms with Gasteiger partial charge < -0.3 is 24.8 Å². The van der Waals surface area contributed by atoms with E-state index in [1.54, 1.807) is 0 Å². The highest BCUT2D eigenvalue weighted by atomic mass is 16.5. The number of likely N-dealkylation sites (tertiary alicyclic amines) is 1. The van der Waals surface area contributed by atoms with Gasteiger partial charge in [-0.05, 0) is 45.6 Å². The Balaban J connectivity index is 1.25. The third-order valence-electron chi connectivity index (χ3n) is 7.52. The Bertz CT molecular complexity index is 989. The van der Waals surface area contributed by atoms with Crippen molar-refractivity contribution in [2.45, 2.75) is 39.0 Å². The Kier molecular flexibility index (Phi) is 7.48. The van der Waals surface area contributed by atoms with Crippen molar-refractivity contribution < 1.29 is 9.53 Å². The predicted molar refractivity (Wildman–Crippen MR) is 135 cm³/mol. The van der Waals surface area contributed by atoms with E-state index in [0.29, 0.717) is 25.0 Å². The summed E-state index contributed by atoms with van der Waals surface area (Å²) in [5.74, 6) is 4.33. The topological polar surface area (TPSA) is 103 Å². The van der Waals surface area contributed by atoms with Crippen molar-refractivity contribution in [1.82, 2.24) is 30.0 Å². The quantitative estimate of drug-likeness (QED) is 0.646. The largest absolute Gasteiger partial charge is 0.381 e.